The van der Waals surface area contributed by atoms with E-state index in [1.165, 1.54) is 96.3 Å². The van der Waals surface area contributed by atoms with Crippen molar-refractivity contribution in [1.82, 2.24) is 0 Å². The molecule has 0 aromatic rings. The molecule has 0 aromatic carbocycles. The third kappa shape index (κ3) is 5.93. The van der Waals surface area contributed by atoms with Crippen LogP contribution in [0.4, 0.5) is 0 Å². The molecule has 3 saturated carbocycles. The van der Waals surface area contributed by atoms with Crippen LogP contribution in [0.1, 0.15) is 116 Å². The molecular formula is C22H44O4SiTi. The summed E-state index contributed by atoms with van der Waals surface area (Å²) in [5.74, 6) is 0. The van der Waals surface area contributed by atoms with Crippen molar-refractivity contribution in [2.75, 3.05) is 6.61 Å². The van der Waals surface area contributed by atoms with Gasteiger partial charge in [0, 0.05) is 0 Å². The molecule has 0 aliphatic heterocycles. The van der Waals surface area contributed by atoms with Crippen LogP contribution in [-0.4, -0.2) is 22.3 Å². The van der Waals surface area contributed by atoms with E-state index in [0.29, 0.717) is 23.2 Å². The minimum absolute atomic E-state index is 0.438. The van der Waals surface area contributed by atoms with E-state index in [9.17, 15) is 7.38 Å². The molecule has 0 amide bonds. The molecule has 28 heavy (non-hydrogen) atoms. The van der Waals surface area contributed by atoms with Crippen molar-refractivity contribution in [2.45, 2.75) is 133 Å². The standard InChI is InChI=1S/C18H33OSi.C4H9O.2H2O.Ti/c19-20(16-10-4-1-5-11-16,17-12-6-2-7-13-17)18-14-8-3-9-15-18;1-2-3-4-5;;;/h16-18H,1-15H2;2-4H2,1H3;2*1H2;/q2*-1;;;+4/p-2. The average molecular weight is 449 g/mol. The van der Waals surface area contributed by atoms with Gasteiger partial charge in [-0.05, 0) is 0 Å². The van der Waals surface area contributed by atoms with Crippen molar-refractivity contribution in [2.24, 2.45) is 0 Å². The SMILES string of the molecule is CCCC[O][Ti]([OH])([OH])[O][Si](C1CCCCC1)(C1CCCCC1)C1CCCCC1. The second-order valence-corrected chi connectivity index (χ2v) is 17.2. The molecule has 3 aliphatic carbocycles. The molecular weight excluding hydrogens is 404 g/mol. The Kier molecular flexibility index (Phi) is 9.55. The van der Waals surface area contributed by atoms with Crippen LogP contribution in [0, 0.1) is 0 Å². The van der Waals surface area contributed by atoms with Crippen LogP contribution in [0.15, 0.2) is 0 Å². The summed E-state index contributed by atoms with van der Waals surface area (Å²) in [5.41, 5.74) is 1.85. The van der Waals surface area contributed by atoms with Crippen molar-refractivity contribution in [3.63, 3.8) is 0 Å². The molecule has 0 spiro atoms. The monoisotopic (exact) mass is 448 g/mol. The fourth-order valence-corrected chi connectivity index (χ4v) is 18.9. The third-order valence-electron chi connectivity index (χ3n) is 7.83. The van der Waals surface area contributed by atoms with Crippen LogP contribution in [0.2, 0.25) is 16.6 Å². The number of hydrogen-bond donors (Lipinski definition) is 2. The van der Waals surface area contributed by atoms with Gasteiger partial charge in [-0.2, -0.15) is 0 Å². The van der Waals surface area contributed by atoms with Crippen LogP contribution in [0.25, 0.3) is 0 Å². The van der Waals surface area contributed by atoms with Crippen LogP contribution >= 0.6 is 0 Å². The van der Waals surface area contributed by atoms with Crippen molar-refractivity contribution in [1.29, 1.82) is 0 Å². The van der Waals surface area contributed by atoms with Gasteiger partial charge in [0.25, 0.3) is 0 Å². The van der Waals surface area contributed by atoms with Gasteiger partial charge in [0.1, 0.15) is 0 Å². The predicted molar refractivity (Wildman–Crippen MR) is 113 cm³/mol. The summed E-state index contributed by atoms with van der Waals surface area (Å²) in [5, 5.41) is 0. The summed E-state index contributed by atoms with van der Waals surface area (Å²) in [6.07, 6.45) is 21.3. The van der Waals surface area contributed by atoms with Crippen LogP contribution in [0.3, 0.4) is 0 Å². The van der Waals surface area contributed by atoms with E-state index in [2.05, 4.69) is 6.92 Å². The predicted octanol–water partition coefficient (Wildman–Crippen LogP) is 6.57. The van der Waals surface area contributed by atoms with Crippen LogP contribution < -0.4 is 0 Å². The van der Waals surface area contributed by atoms with Gasteiger partial charge in [-0.15, -0.1) is 0 Å². The Morgan fingerprint density at radius 1 is 0.714 bits per heavy atom. The van der Waals surface area contributed by atoms with Gasteiger partial charge in [0.05, 0.1) is 0 Å². The summed E-state index contributed by atoms with van der Waals surface area (Å²) in [6, 6.07) is 0. The molecule has 0 bridgehead atoms. The molecule has 3 rings (SSSR count). The van der Waals surface area contributed by atoms with Gasteiger partial charge in [0.2, 0.25) is 0 Å². The molecule has 0 unspecified atom stereocenters. The summed E-state index contributed by atoms with van der Waals surface area (Å²) < 4.78 is 34.5. The van der Waals surface area contributed by atoms with Gasteiger partial charge in [-0.1, -0.05) is 0 Å². The Hall–Kier alpha value is 0.771. The number of rotatable bonds is 9. The molecule has 4 nitrogen and oxygen atoms in total. The Labute approximate surface area is 179 Å². The normalized spacial score (nSPS) is 24.5. The van der Waals surface area contributed by atoms with E-state index in [0.717, 1.165) is 12.8 Å². The van der Waals surface area contributed by atoms with E-state index in [4.69, 9.17) is 6.33 Å². The molecule has 0 atom stereocenters. The summed E-state index contributed by atoms with van der Waals surface area (Å²) in [6.45, 7) is 2.55. The third-order valence-corrected chi connectivity index (χ3v) is 17.8. The van der Waals surface area contributed by atoms with E-state index in [1.54, 1.807) is 0 Å². The van der Waals surface area contributed by atoms with E-state index < -0.39 is 26.5 Å². The first-order valence-corrected chi connectivity index (χ1v) is 17.2. The average Bonchev–Trinajstić information content (AvgIpc) is 2.74. The van der Waals surface area contributed by atoms with E-state index in [1.807, 2.05) is 0 Å². The van der Waals surface area contributed by atoms with Gasteiger partial charge in [-0.3, -0.25) is 0 Å². The number of hydrogen-bond acceptors (Lipinski definition) is 4. The Morgan fingerprint density at radius 3 is 1.46 bits per heavy atom. The maximum atomic E-state index is 11.0. The fraction of sp³-hybridized carbons (Fsp3) is 1.00. The first-order chi connectivity index (χ1) is 13.6. The van der Waals surface area contributed by atoms with E-state index in [-0.39, 0.29) is 0 Å². The zero-order valence-corrected chi connectivity index (χ0v) is 20.7. The van der Waals surface area contributed by atoms with Gasteiger partial charge in [0.15, 0.2) is 0 Å². The van der Waals surface area contributed by atoms with Crippen LogP contribution in [-0.2, 0) is 24.5 Å². The molecule has 2 N–H and O–H groups in total. The summed E-state index contributed by atoms with van der Waals surface area (Å²) >= 11 is -4.65. The number of unbranched alkanes of at least 4 members (excludes halogenated alkanes) is 1. The summed E-state index contributed by atoms with van der Waals surface area (Å²) in [7, 11) is -2.33. The van der Waals surface area contributed by atoms with E-state index >= 15 is 0 Å². The van der Waals surface area contributed by atoms with Crippen molar-refractivity contribution < 1.29 is 31.8 Å². The summed E-state index contributed by atoms with van der Waals surface area (Å²) in [4.78, 5) is 0. The quantitative estimate of drug-likeness (QED) is 0.309. The minimum atomic E-state index is -4.65. The van der Waals surface area contributed by atoms with Gasteiger partial charge < -0.3 is 0 Å². The molecule has 0 saturated heterocycles. The fourth-order valence-electron chi connectivity index (χ4n) is 6.52. The second kappa shape index (κ2) is 11.4. The van der Waals surface area contributed by atoms with Crippen molar-refractivity contribution in [3.8, 4) is 0 Å². The molecule has 0 radical (unpaired) electrons. The Bertz CT molecular complexity index is 398. The Balaban J connectivity index is 1.90. The molecule has 0 heterocycles. The maximum absolute atomic E-state index is 11.0. The van der Waals surface area contributed by atoms with Crippen LogP contribution in [0.5, 0.6) is 0 Å². The topological polar surface area (TPSA) is 58.9 Å². The van der Waals surface area contributed by atoms with Gasteiger partial charge in [-0.25, -0.2) is 0 Å². The van der Waals surface area contributed by atoms with Gasteiger partial charge >= 0.3 is 179 Å². The van der Waals surface area contributed by atoms with Crippen molar-refractivity contribution in [3.05, 3.63) is 0 Å². The second-order valence-electron chi connectivity index (χ2n) is 9.71. The first kappa shape index (κ1) is 23.4. The van der Waals surface area contributed by atoms with Crippen molar-refractivity contribution >= 4 is 8.32 Å². The zero-order chi connectivity index (χ0) is 19.9. The zero-order valence-electron chi connectivity index (χ0n) is 18.2. The molecule has 3 fully saturated rings. The molecule has 6 heteroatoms. The molecule has 3 aliphatic rings. The molecule has 164 valence electrons. The first-order valence-electron chi connectivity index (χ1n) is 12.4. The Morgan fingerprint density at radius 2 is 1.11 bits per heavy atom. The molecule has 0 aromatic heterocycles.